The molecule has 1 heteroatoms. The second-order valence-electron chi connectivity index (χ2n) is 17.8. The second kappa shape index (κ2) is 20.8. The number of fused-ring (bicyclic) bond motifs is 8. The van der Waals surface area contributed by atoms with Crippen LogP contribution in [0.4, 0.5) is 17.1 Å². The molecule has 1 nitrogen and oxygen atoms in total. The number of anilines is 3. The number of nitrogens with zero attached hydrogens (tertiary/aromatic N) is 1. The molecule has 0 saturated carbocycles. The van der Waals surface area contributed by atoms with Gasteiger partial charge >= 0.3 is 0 Å². The number of rotatable bonds is 5. The summed E-state index contributed by atoms with van der Waals surface area (Å²) in [6.07, 6.45) is 6.53. The molecular weight excluding hydrogens is 843 g/mol. The molecule has 0 aromatic heterocycles. The Balaban J connectivity index is 0.000000252. The molecule has 2 aliphatic carbocycles. The van der Waals surface area contributed by atoms with Crippen LogP contribution in [-0.2, 0) is 5.41 Å². The van der Waals surface area contributed by atoms with E-state index in [4.69, 9.17) is 6.42 Å². The van der Waals surface area contributed by atoms with Crippen LogP contribution in [0.5, 0.6) is 0 Å². The van der Waals surface area contributed by atoms with Gasteiger partial charge in [-0.05, 0) is 142 Å². The molecule has 0 aliphatic heterocycles. The van der Waals surface area contributed by atoms with Gasteiger partial charge in [0.25, 0.3) is 0 Å². The van der Waals surface area contributed by atoms with E-state index in [2.05, 4.69) is 263 Å². The minimum Gasteiger partial charge on any atom is -0.310 e. The molecule has 1 unspecified atom stereocenters. The standard InChI is InChI=1S/C49H35N.C11H10.C7H8.C2H6/c1-4-40-43-28-26-33(2)30-46(43)49(48(40)41-23-12-11-16-34(41)3)45-25-14-13-24-42(45)44-29-27-39(32-47(44)49)50(37-20-9-6-10-21-37)38-22-15-19-36(31-38)35-17-7-5-8-18-35;1-9-5-4-7-10-6-2-3-8-11(9)10;1-7-5-3-2-4-6-7;1-2/h1,5-32H,2-3H3;2-8H,1H3;2-6H,1H3;1-2H3. The number of allylic oxidation sites excluding steroid dienone is 2. The molecule has 0 fully saturated rings. The van der Waals surface area contributed by atoms with Gasteiger partial charge in [0.05, 0.1) is 5.41 Å². The number of benzene rings is 10. The lowest BCUT2D eigenvalue weighted by Gasteiger charge is -2.34. The van der Waals surface area contributed by atoms with E-state index in [9.17, 15) is 0 Å². The molecule has 1 spiro atoms. The monoisotopic (exact) mass is 901 g/mol. The zero-order chi connectivity index (χ0) is 48.6. The van der Waals surface area contributed by atoms with Gasteiger partial charge in [-0.3, -0.25) is 0 Å². The Hall–Kier alpha value is -8.44. The highest BCUT2D eigenvalue weighted by Gasteiger charge is 2.53. The van der Waals surface area contributed by atoms with Gasteiger partial charge in [0, 0.05) is 22.6 Å². The summed E-state index contributed by atoms with van der Waals surface area (Å²) in [5, 5.41) is 2.68. The average molecular weight is 902 g/mol. The Morgan fingerprint density at radius 1 is 0.371 bits per heavy atom. The third kappa shape index (κ3) is 8.78. The van der Waals surface area contributed by atoms with E-state index in [1.807, 2.05) is 32.0 Å². The maximum absolute atomic E-state index is 6.53. The van der Waals surface area contributed by atoms with Gasteiger partial charge in [0.1, 0.15) is 0 Å². The summed E-state index contributed by atoms with van der Waals surface area (Å²) in [5.41, 5.74) is 21.0. The van der Waals surface area contributed by atoms with Gasteiger partial charge < -0.3 is 4.90 Å². The summed E-state index contributed by atoms with van der Waals surface area (Å²) >= 11 is 0. The van der Waals surface area contributed by atoms with E-state index in [-0.39, 0.29) is 0 Å². The lowest BCUT2D eigenvalue weighted by atomic mass is 9.67. The molecule has 0 saturated heterocycles. The van der Waals surface area contributed by atoms with Crippen LogP contribution < -0.4 is 4.90 Å². The Morgan fingerprint density at radius 2 is 0.900 bits per heavy atom. The van der Waals surface area contributed by atoms with Crippen LogP contribution in [0, 0.1) is 40.0 Å². The van der Waals surface area contributed by atoms with Crippen LogP contribution in [0.25, 0.3) is 44.2 Å². The van der Waals surface area contributed by atoms with Crippen LogP contribution in [0.15, 0.2) is 243 Å². The van der Waals surface area contributed by atoms with Gasteiger partial charge in [0.15, 0.2) is 0 Å². The molecule has 10 aromatic carbocycles. The van der Waals surface area contributed by atoms with Crippen molar-refractivity contribution in [1.29, 1.82) is 0 Å². The Morgan fingerprint density at radius 3 is 1.60 bits per heavy atom. The SMILES string of the molecule is C#CC1=C(c2ccccc2C)C2(c3cc(C)ccc31)c1ccccc1-c1ccc(N(c3ccccc3)c3cccc(-c4ccccc4)c3)cc12.CC.Cc1cccc2ccccc12.Cc1ccccc1. The smallest absolute Gasteiger partial charge is 0.0738 e. The Bertz CT molecular complexity index is 3500. The molecule has 1 atom stereocenters. The van der Waals surface area contributed by atoms with Gasteiger partial charge in [0.2, 0.25) is 0 Å². The van der Waals surface area contributed by atoms with Gasteiger partial charge in [-0.15, -0.1) is 6.42 Å². The van der Waals surface area contributed by atoms with Crippen LogP contribution in [0.3, 0.4) is 0 Å². The highest BCUT2D eigenvalue weighted by molar-refractivity contribution is 6.14. The van der Waals surface area contributed by atoms with Crippen molar-refractivity contribution in [3.63, 3.8) is 0 Å². The first-order chi connectivity index (χ1) is 34.4. The van der Waals surface area contributed by atoms with E-state index < -0.39 is 5.41 Å². The highest BCUT2D eigenvalue weighted by Crippen LogP contribution is 2.65. The molecule has 0 radical (unpaired) electrons. The Kier molecular flexibility index (Phi) is 13.9. The van der Waals surface area contributed by atoms with Gasteiger partial charge in [-0.2, -0.15) is 0 Å². The lowest BCUT2D eigenvalue weighted by Crippen LogP contribution is -2.27. The van der Waals surface area contributed by atoms with Crippen molar-refractivity contribution in [2.75, 3.05) is 4.90 Å². The molecular formula is C69H59N. The quantitative estimate of drug-likeness (QED) is 0.156. The summed E-state index contributed by atoms with van der Waals surface area (Å²) in [6.45, 7) is 12.6. The molecule has 2 aliphatic rings. The molecule has 0 amide bonds. The summed E-state index contributed by atoms with van der Waals surface area (Å²) in [6, 6.07) is 86.7. The van der Waals surface area contributed by atoms with Crippen LogP contribution >= 0.6 is 0 Å². The van der Waals surface area contributed by atoms with E-state index in [0.717, 1.165) is 28.2 Å². The third-order valence-electron chi connectivity index (χ3n) is 13.5. The number of para-hydroxylation sites is 1. The minimum absolute atomic E-state index is 0.592. The van der Waals surface area contributed by atoms with Gasteiger partial charge in [-0.25, -0.2) is 0 Å². The molecule has 12 rings (SSSR count). The zero-order valence-electron chi connectivity index (χ0n) is 41.1. The van der Waals surface area contributed by atoms with Crippen molar-refractivity contribution in [2.45, 2.75) is 47.0 Å². The van der Waals surface area contributed by atoms with Gasteiger partial charge in [-0.1, -0.05) is 237 Å². The van der Waals surface area contributed by atoms with Crippen molar-refractivity contribution in [3.8, 4) is 34.6 Å². The fourth-order valence-electron chi connectivity index (χ4n) is 10.4. The maximum Gasteiger partial charge on any atom is 0.0738 e. The fourth-order valence-corrected chi connectivity index (χ4v) is 10.4. The topological polar surface area (TPSA) is 3.24 Å². The summed E-state index contributed by atoms with van der Waals surface area (Å²) in [5.74, 6) is 3.21. The first-order valence-corrected chi connectivity index (χ1v) is 24.5. The predicted molar refractivity (Wildman–Crippen MR) is 301 cm³/mol. The molecule has 340 valence electrons. The number of hydrogen-bond acceptors (Lipinski definition) is 1. The summed E-state index contributed by atoms with van der Waals surface area (Å²) < 4.78 is 0. The first kappa shape index (κ1) is 46.7. The normalized spacial score (nSPS) is 13.6. The van der Waals surface area contributed by atoms with Crippen LogP contribution in [0.1, 0.15) is 63.9 Å². The van der Waals surface area contributed by atoms with E-state index in [1.54, 1.807) is 0 Å². The maximum atomic E-state index is 6.53. The van der Waals surface area contributed by atoms with Crippen molar-refractivity contribution >= 4 is 39.0 Å². The number of aryl methyl sites for hydroxylation is 4. The molecule has 10 aromatic rings. The highest BCUT2D eigenvalue weighted by atomic mass is 15.1. The molecule has 0 bridgehead atoms. The third-order valence-corrected chi connectivity index (χ3v) is 13.5. The van der Waals surface area contributed by atoms with Crippen molar-refractivity contribution in [3.05, 3.63) is 293 Å². The molecule has 70 heavy (non-hydrogen) atoms. The largest absolute Gasteiger partial charge is 0.310 e. The number of hydrogen-bond donors (Lipinski definition) is 0. The lowest BCUT2D eigenvalue weighted by molar-refractivity contribution is 0.839. The van der Waals surface area contributed by atoms with Crippen molar-refractivity contribution < 1.29 is 0 Å². The predicted octanol–water partition coefficient (Wildman–Crippen LogP) is 18.5. The van der Waals surface area contributed by atoms with Crippen LogP contribution in [-0.4, -0.2) is 0 Å². The number of terminal acetylenes is 1. The van der Waals surface area contributed by atoms with Crippen LogP contribution in [0.2, 0.25) is 0 Å². The Labute approximate surface area is 416 Å². The second-order valence-corrected chi connectivity index (χ2v) is 17.8. The van der Waals surface area contributed by atoms with E-state index in [1.165, 1.54) is 83.1 Å². The van der Waals surface area contributed by atoms with Crippen molar-refractivity contribution in [1.82, 2.24) is 0 Å². The van der Waals surface area contributed by atoms with E-state index in [0.29, 0.717) is 0 Å². The minimum atomic E-state index is -0.592. The zero-order valence-corrected chi connectivity index (χ0v) is 41.1. The molecule has 0 N–H and O–H groups in total. The summed E-state index contributed by atoms with van der Waals surface area (Å²) in [7, 11) is 0. The first-order valence-electron chi connectivity index (χ1n) is 24.5. The van der Waals surface area contributed by atoms with Crippen molar-refractivity contribution in [2.24, 2.45) is 0 Å². The fraction of sp³-hybridized carbons (Fsp3) is 0.101. The van der Waals surface area contributed by atoms with E-state index >= 15 is 0 Å². The summed E-state index contributed by atoms with van der Waals surface area (Å²) in [4.78, 5) is 2.38. The average Bonchev–Trinajstić information content (AvgIpc) is 3.87. The molecule has 0 heterocycles.